The zero-order valence-corrected chi connectivity index (χ0v) is 16.2. The molecule has 0 unspecified atom stereocenters. The molecule has 2 heterocycles. The van der Waals surface area contributed by atoms with Crippen LogP contribution >= 0.6 is 24.0 Å². The number of thiocarbonyl (C=S) groups is 1. The second-order valence-corrected chi connectivity index (χ2v) is 7.61. The maximum absolute atomic E-state index is 12.6. The normalized spacial score (nSPS) is 15.6. The van der Waals surface area contributed by atoms with Crippen molar-refractivity contribution in [2.75, 3.05) is 6.54 Å². The van der Waals surface area contributed by atoms with E-state index in [0.717, 1.165) is 16.8 Å². The molecular weight excluding hydrogens is 382 g/mol. The summed E-state index contributed by atoms with van der Waals surface area (Å²) < 4.78 is 0.441. The number of hydrogen-bond acceptors (Lipinski definition) is 6. The van der Waals surface area contributed by atoms with Crippen molar-refractivity contribution < 1.29 is 14.7 Å². The molecular formula is C19H17N3O3S2. The Morgan fingerprint density at radius 1 is 1.33 bits per heavy atom. The number of amides is 1. The van der Waals surface area contributed by atoms with E-state index in [9.17, 15) is 9.59 Å². The van der Waals surface area contributed by atoms with Crippen LogP contribution in [-0.2, 0) is 9.59 Å². The molecule has 0 saturated carbocycles. The predicted molar refractivity (Wildman–Crippen MR) is 109 cm³/mol. The summed E-state index contributed by atoms with van der Waals surface area (Å²) >= 11 is 6.47. The first-order valence-corrected chi connectivity index (χ1v) is 9.54. The molecule has 1 aromatic heterocycles. The SMILES string of the molecule is Cc1nc(-c2ccccc2)ncc1C=C1SC(=S)N(CCCC(=O)O)C1=O. The van der Waals surface area contributed by atoms with Crippen molar-refractivity contribution in [2.24, 2.45) is 0 Å². The van der Waals surface area contributed by atoms with Crippen LogP contribution in [0.5, 0.6) is 0 Å². The van der Waals surface area contributed by atoms with Gasteiger partial charge >= 0.3 is 5.97 Å². The number of thioether (sulfide) groups is 1. The summed E-state index contributed by atoms with van der Waals surface area (Å²) in [5.74, 6) is -0.462. The van der Waals surface area contributed by atoms with Gasteiger partial charge in [0.15, 0.2) is 5.82 Å². The molecule has 1 fully saturated rings. The fraction of sp³-hybridized carbons (Fsp3) is 0.211. The molecule has 1 aromatic carbocycles. The molecule has 27 heavy (non-hydrogen) atoms. The maximum atomic E-state index is 12.6. The lowest BCUT2D eigenvalue weighted by atomic mass is 10.2. The highest BCUT2D eigenvalue weighted by atomic mass is 32.2. The fourth-order valence-corrected chi connectivity index (χ4v) is 3.87. The second kappa shape index (κ2) is 8.41. The molecule has 0 spiro atoms. The predicted octanol–water partition coefficient (Wildman–Crippen LogP) is 3.52. The van der Waals surface area contributed by atoms with E-state index in [2.05, 4.69) is 9.97 Å². The first kappa shape index (κ1) is 19.2. The number of hydrogen-bond donors (Lipinski definition) is 1. The van der Waals surface area contributed by atoms with Crippen molar-refractivity contribution in [3.05, 3.63) is 52.7 Å². The average Bonchev–Trinajstić information content (AvgIpc) is 2.91. The lowest BCUT2D eigenvalue weighted by Gasteiger charge is -2.13. The van der Waals surface area contributed by atoms with E-state index in [0.29, 0.717) is 28.0 Å². The number of aromatic nitrogens is 2. The van der Waals surface area contributed by atoms with Gasteiger partial charge in [-0.15, -0.1) is 0 Å². The molecule has 2 aromatic rings. The van der Waals surface area contributed by atoms with Gasteiger partial charge in [0.2, 0.25) is 0 Å². The third-order valence-electron chi connectivity index (χ3n) is 3.98. The van der Waals surface area contributed by atoms with E-state index in [1.54, 1.807) is 12.3 Å². The number of rotatable bonds is 6. The van der Waals surface area contributed by atoms with Gasteiger partial charge in [0.1, 0.15) is 4.32 Å². The largest absolute Gasteiger partial charge is 0.481 e. The Labute approximate surface area is 166 Å². The van der Waals surface area contributed by atoms with Crippen LogP contribution in [0.3, 0.4) is 0 Å². The first-order valence-electron chi connectivity index (χ1n) is 8.32. The first-order chi connectivity index (χ1) is 13.0. The number of carbonyl (C=O) groups excluding carboxylic acids is 1. The molecule has 8 heteroatoms. The molecule has 1 aliphatic heterocycles. The Bertz CT molecular complexity index is 929. The summed E-state index contributed by atoms with van der Waals surface area (Å²) in [6, 6.07) is 9.67. The van der Waals surface area contributed by atoms with Crippen molar-refractivity contribution in [1.82, 2.24) is 14.9 Å². The van der Waals surface area contributed by atoms with Crippen LogP contribution < -0.4 is 0 Å². The van der Waals surface area contributed by atoms with Gasteiger partial charge in [-0.25, -0.2) is 9.97 Å². The van der Waals surface area contributed by atoms with Gasteiger partial charge in [-0.3, -0.25) is 14.5 Å². The molecule has 1 aliphatic rings. The lowest BCUT2D eigenvalue weighted by Crippen LogP contribution is -2.29. The molecule has 0 atom stereocenters. The second-order valence-electron chi connectivity index (χ2n) is 5.93. The van der Waals surface area contributed by atoms with Crippen molar-refractivity contribution in [3.63, 3.8) is 0 Å². The van der Waals surface area contributed by atoms with Crippen molar-refractivity contribution in [3.8, 4) is 11.4 Å². The molecule has 1 N–H and O–H groups in total. The van der Waals surface area contributed by atoms with E-state index in [1.165, 1.54) is 16.7 Å². The van der Waals surface area contributed by atoms with Gasteiger partial charge < -0.3 is 5.11 Å². The summed E-state index contributed by atoms with van der Waals surface area (Å²) in [4.78, 5) is 34.1. The molecule has 0 aliphatic carbocycles. The highest BCUT2D eigenvalue weighted by Gasteiger charge is 2.31. The van der Waals surface area contributed by atoms with Crippen LogP contribution in [0, 0.1) is 6.92 Å². The topological polar surface area (TPSA) is 83.4 Å². The molecule has 0 radical (unpaired) electrons. The number of carbonyl (C=O) groups is 2. The Morgan fingerprint density at radius 3 is 2.74 bits per heavy atom. The van der Waals surface area contributed by atoms with Gasteiger partial charge in [0.05, 0.1) is 4.91 Å². The van der Waals surface area contributed by atoms with E-state index in [1.807, 2.05) is 37.3 Å². The summed E-state index contributed by atoms with van der Waals surface area (Å²) in [6.45, 7) is 2.17. The van der Waals surface area contributed by atoms with Gasteiger partial charge in [0.25, 0.3) is 5.91 Å². The van der Waals surface area contributed by atoms with Gasteiger partial charge in [0, 0.05) is 36.0 Å². The Kier molecular flexibility index (Phi) is 5.98. The highest BCUT2D eigenvalue weighted by Crippen LogP contribution is 2.33. The number of aliphatic carboxylic acids is 1. The van der Waals surface area contributed by atoms with E-state index in [4.69, 9.17) is 17.3 Å². The molecule has 1 saturated heterocycles. The average molecular weight is 399 g/mol. The lowest BCUT2D eigenvalue weighted by molar-refractivity contribution is -0.137. The third kappa shape index (κ3) is 4.58. The zero-order chi connectivity index (χ0) is 19.4. The molecule has 3 rings (SSSR count). The highest BCUT2D eigenvalue weighted by molar-refractivity contribution is 8.26. The van der Waals surface area contributed by atoms with Crippen LogP contribution in [0.25, 0.3) is 17.5 Å². The smallest absolute Gasteiger partial charge is 0.303 e. The molecule has 138 valence electrons. The monoisotopic (exact) mass is 399 g/mol. The number of carboxylic acids is 1. The standard InChI is InChI=1S/C19H17N3O3S2/c1-12-14(11-20-17(21-12)13-6-3-2-4-7-13)10-15-18(25)22(19(26)27-15)9-5-8-16(23)24/h2-4,6-7,10-11H,5,8-9H2,1H3,(H,23,24). The Morgan fingerprint density at radius 2 is 2.07 bits per heavy atom. The number of carboxylic acid groups (broad SMARTS) is 1. The van der Waals surface area contributed by atoms with Crippen LogP contribution in [0.4, 0.5) is 0 Å². The number of benzene rings is 1. The van der Waals surface area contributed by atoms with Gasteiger partial charge in [-0.2, -0.15) is 0 Å². The minimum absolute atomic E-state index is 0.00397. The summed E-state index contributed by atoms with van der Waals surface area (Å²) in [7, 11) is 0. The summed E-state index contributed by atoms with van der Waals surface area (Å²) in [5.41, 5.74) is 2.44. The molecule has 6 nitrogen and oxygen atoms in total. The van der Waals surface area contributed by atoms with E-state index >= 15 is 0 Å². The Hall–Kier alpha value is -2.58. The van der Waals surface area contributed by atoms with Crippen LogP contribution in [0.15, 0.2) is 41.4 Å². The van der Waals surface area contributed by atoms with Crippen molar-refractivity contribution >= 4 is 46.3 Å². The van der Waals surface area contributed by atoms with E-state index in [-0.39, 0.29) is 12.3 Å². The molecule has 1 amide bonds. The quantitative estimate of drug-likeness (QED) is 0.588. The zero-order valence-electron chi connectivity index (χ0n) is 14.6. The minimum Gasteiger partial charge on any atom is -0.481 e. The van der Waals surface area contributed by atoms with Crippen molar-refractivity contribution in [2.45, 2.75) is 19.8 Å². The fourth-order valence-electron chi connectivity index (χ4n) is 2.57. The minimum atomic E-state index is -0.887. The summed E-state index contributed by atoms with van der Waals surface area (Å²) in [5, 5.41) is 8.73. The van der Waals surface area contributed by atoms with Crippen molar-refractivity contribution in [1.29, 1.82) is 0 Å². The van der Waals surface area contributed by atoms with E-state index < -0.39 is 5.97 Å². The van der Waals surface area contributed by atoms with Crippen LogP contribution in [-0.4, -0.2) is 42.7 Å². The number of nitrogens with zero attached hydrogens (tertiary/aromatic N) is 3. The van der Waals surface area contributed by atoms with Gasteiger partial charge in [-0.05, 0) is 19.4 Å². The third-order valence-corrected chi connectivity index (χ3v) is 5.36. The molecule has 0 bridgehead atoms. The maximum Gasteiger partial charge on any atom is 0.303 e. The van der Waals surface area contributed by atoms with Crippen LogP contribution in [0.1, 0.15) is 24.1 Å². The van der Waals surface area contributed by atoms with Gasteiger partial charge in [-0.1, -0.05) is 54.3 Å². The summed E-state index contributed by atoms with van der Waals surface area (Å²) in [6.07, 6.45) is 3.80. The van der Waals surface area contributed by atoms with Crippen LogP contribution in [0.2, 0.25) is 0 Å². The number of aryl methyl sites for hydroxylation is 1. The Balaban J connectivity index is 1.77.